The lowest BCUT2D eigenvalue weighted by Gasteiger charge is -2.15. The van der Waals surface area contributed by atoms with Crippen molar-refractivity contribution in [1.29, 1.82) is 0 Å². The Bertz CT molecular complexity index is 356. The van der Waals surface area contributed by atoms with Gasteiger partial charge in [0.05, 0.1) is 0 Å². The lowest BCUT2D eigenvalue weighted by molar-refractivity contribution is 0.158. The van der Waals surface area contributed by atoms with E-state index >= 15 is 0 Å². The maximum atomic E-state index is 5.14. The van der Waals surface area contributed by atoms with Crippen molar-refractivity contribution >= 4 is 11.8 Å². The van der Waals surface area contributed by atoms with Gasteiger partial charge in [0.25, 0.3) is 0 Å². The van der Waals surface area contributed by atoms with Gasteiger partial charge in [-0.15, -0.1) is 11.8 Å². The van der Waals surface area contributed by atoms with Crippen molar-refractivity contribution in [3.8, 4) is 0 Å². The van der Waals surface area contributed by atoms with E-state index in [1.807, 2.05) is 11.8 Å². The zero-order valence-corrected chi connectivity index (χ0v) is 11.4. The summed E-state index contributed by atoms with van der Waals surface area (Å²) in [5, 5.41) is 3.56. The van der Waals surface area contributed by atoms with Crippen LogP contribution in [0.15, 0.2) is 29.2 Å². The molecule has 2 rings (SSSR count). The number of hydrogen-bond donors (Lipinski definition) is 1. The second-order valence-corrected chi connectivity index (χ2v) is 5.83. The molecule has 1 aromatic carbocycles. The molecule has 0 radical (unpaired) electrons. The molecule has 2 nitrogen and oxygen atoms in total. The fraction of sp³-hybridized carbons (Fsp3) is 0.571. The van der Waals surface area contributed by atoms with Crippen LogP contribution in [0, 0.1) is 5.92 Å². The van der Waals surface area contributed by atoms with Gasteiger partial charge in [0.2, 0.25) is 0 Å². The van der Waals surface area contributed by atoms with Crippen molar-refractivity contribution in [2.75, 3.05) is 32.6 Å². The lowest BCUT2D eigenvalue weighted by atomic mass is 10.0. The van der Waals surface area contributed by atoms with Gasteiger partial charge in [0.15, 0.2) is 0 Å². The van der Waals surface area contributed by atoms with Crippen LogP contribution in [0.5, 0.6) is 0 Å². The molecule has 1 aliphatic heterocycles. The monoisotopic (exact) mass is 251 g/mol. The number of rotatable bonds is 6. The summed E-state index contributed by atoms with van der Waals surface area (Å²) < 4.78 is 5.14. The quantitative estimate of drug-likeness (QED) is 0.840. The molecule has 0 saturated heterocycles. The Hall–Kier alpha value is -0.510. The summed E-state index contributed by atoms with van der Waals surface area (Å²) in [5.41, 5.74) is 1.52. The summed E-state index contributed by atoms with van der Waals surface area (Å²) in [4.78, 5) is 1.46. The predicted octanol–water partition coefficient (Wildman–Crippen LogP) is 2.75. The fourth-order valence-corrected chi connectivity index (χ4v) is 3.50. The highest BCUT2D eigenvalue weighted by Crippen LogP contribution is 2.38. The maximum Gasteiger partial charge on any atom is 0.0499 e. The van der Waals surface area contributed by atoms with Gasteiger partial charge in [0.1, 0.15) is 0 Å². The molecule has 0 aliphatic carbocycles. The summed E-state index contributed by atoms with van der Waals surface area (Å²) in [6, 6.07) is 8.77. The highest BCUT2D eigenvalue weighted by Gasteiger charge is 2.22. The average Bonchev–Trinajstić information content (AvgIpc) is 2.73. The lowest BCUT2D eigenvalue weighted by Crippen LogP contribution is -2.28. The molecule has 17 heavy (non-hydrogen) atoms. The molecule has 2 unspecified atom stereocenters. The van der Waals surface area contributed by atoms with E-state index in [0.29, 0.717) is 11.8 Å². The van der Waals surface area contributed by atoms with E-state index in [0.717, 1.165) is 19.7 Å². The standard InChI is InChI=1S/C14H21NOS/c1-11(9-16-2)7-15-8-12-10-17-14-6-4-3-5-13(12)14/h3-6,11-12,15H,7-10H2,1-2H3. The van der Waals surface area contributed by atoms with Crippen LogP contribution in [0.2, 0.25) is 0 Å². The van der Waals surface area contributed by atoms with Gasteiger partial charge >= 0.3 is 0 Å². The molecule has 1 aromatic rings. The molecule has 3 heteroatoms. The molecule has 1 N–H and O–H groups in total. The molecule has 0 bridgehead atoms. The number of hydrogen-bond acceptors (Lipinski definition) is 3. The van der Waals surface area contributed by atoms with Crippen LogP contribution in [0.3, 0.4) is 0 Å². The molecule has 0 spiro atoms. The second-order valence-electron chi connectivity index (χ2n) is 4.76. The van der Waals surface area contributed by atoms with Crippen molar-refractivity contribution in [3.05, 3.63) is 29.8 Å². The minimum atomic E-state index is 0.587. The highest BCUT2D eigenvalue weighted by molar-refractivity contribution is 7.99. The Morgan fingerprint density at radius 2 is 2.29 bits per heavy atom. The number of ether oxygens (including phenoxy) is 1. The first-order valence-corrected chi connectivity index (χ1v) is 7.21. The molecule has 0 aromatic heterocycles. The van der Waals surface area contributed by atoms with Gasteiger partial charge in [-0.3, -0.25) is 0 Å². The van der Waals surface area contributed by atoms with Gasteiger partial charge in [-0.25, -0.2) is 0 Å². The summed E-state index contributed by atoms with van der Waals surface area (Å²) in [6.45, 7) is 5.17. The zero-order valence-electron chi connectivity index (χ0n) is 10.6. The molecule has 1 heterocycles. The number of nitrogens with one attached hydrogen (secondary N) is 1. The molecular formula is C14H21NOS. The van der Waals surface area contributed by atoms with Crippen molar-refractivity contribution in [1.82, 2.24) is 5.32 Å². The van der Waals surface area contributed by atoms with E-state index in [-0.39, 0.29) is 0 Å². The van der Waals surface area contributed by atoms with E-state index in [1.165, 1.54) is 16.2 Å². The van der Waals surface area contributed by atoms with E-state index in [2.05, 4.69) is 36.5 Å². The zero-order chi connectivity index (χ0) is 12.1. The SMILES string of the molecule is COCC(C)CNCC1CSc2ccccc21. The molecule has 94 valence electrons. The first-order chi connectivity index (χ1) is 8.31. The van der Waals surface area contributed by atoms with Crippen molar-refractivity contribution in [3.63, 3.8) is 0 Å². The van der Waals surface area contributed by atoms with Gasteiger partial charge in [-0.05, 0) is 24.1 Å². The Balaban J connectivity index is 1.78. The maximum absolute atomic E-state index is 5.14. The van der Waals surface area contributed by atoms with Crippen LogP contribution >= 0.6 is 11.8 Å². The smallest absolute Gasteiger partial charge is 0.0499 e. The van der Waals surface area contributed by atoms with Gasteiger partial charge < -0.3 is 10.1 Å². The van der Waals surface area contributed by atoms with Gasteiger partial charge in [-0.2, -0.15) is 0 Å². The van der Waals surface area contributed by atoms with Crippen LogP contribution in [0.25, 0.3) is 0 Å². The first kappa shape index (κ1) is 12.9. The molecule has 0 saturated carbocycles. The van der Waals surface area contributed by atoms with Gasteiger partial charge in [-0.1, -0.05) is 25.1 Å². The van der Waals surface area contributed by atoms with Crippen LogP contribution in [-0.4, -0.2) is 32.6 Å². The minimum absolute atomic E-state index is 0.587. The van der Waals surface area contributed by atoms with E-state index in [4.69, 9.17) is 4.74 Å². The topological polar surface area (TPSA) is 21.3 Å². The Labute approximate surface area is 108 Å². The van der Waals surface area contributed by atoms with E-state index in [1.54, 1.807) is 7.11 Å². The largest absolute Gasteiger partial charge is 0.384 e. The Kier molecular flexibility index (Phi) is 4.89. The fourth-order valence-electron chi connectivity index (χ4n) is 2.25. The third kappa shape index (κ3) is 3.47. The van der Waals surface area contributed by atoms with E-state index < -0.39 is 0 Å². The van der Waals surface area contributed by atoms with Crippen LogP contribution in [0.4, 0.5) is 0 Å². The highest BCUT2D eigenvalue weighted by atomic mass is 32.2. The first-order valence-electron chi connectivity index (χ1n) is 6.22. The Morgan fingerprint density at radius 1 is 1.47 bits per heavy atom. The number of fused-ring (bicyclic) bond motifs is 1. The van der Waals surface area contributed by atoms with Crippen molar-refractivity contribution in [2.45, 2.75) is 17.7 Å². The van der Waals surface area contributed by atoms with Crippen LogP contribution < -0.4 is 5.32 Å². The summed E-state index contributed by atoms with van der Waals surface area (Å²) in [7, 11) is 1.76. The number of benzene rings is 1. The molecule has 1 aliphatic rings. The third-order valence-electron chi connectivity index (χ3n) is 3.13. The minimum Gasteiger partial charge on any atom is -0.384 e. The normalized spacial score (nSPS) is 20.2. The predicted molar refractivity (Wildman–Crippen MR) is 73.8 cm³/mol. The third-order valence-corrected chi connectivity index (χ3v) is 4.39. The molecule has 2 atom stereocenters. The molecule has 0 amide bonds. The summed E-state index contributed by atoms with van der Waals surface area (Å²) >= 11 is 1.98. The van der Waals surface area contributed by atoms with Crippen LogP contribution in [0.1, 0.15) is 18.4 Å². The van der Waals surface area contributed by atoms with E-state index in [9.17, 15) is 0 Å². The molecular weight excluding hydrogens is 230 g/mol. The van der Waals surface area contributed by atoms with Crippen LogP contribution in [-0.2, 0) is 4.74 Å². The van der Waals surface area contributed by atoms with Crippen molar-refractivity contribution < 1.29 is 4.74 Å². The average molecular weight is 251 g/mol. The Morgan fingerprint density at radius 3 is 3.12 bits per heavy atom. The van der Waals surface area contributed by atoms with Gasteiger partial charge in [0, 0.05) is 36.8 Å². The number of thioether (sulfide) groups is 1. The number of methoxy groups -OCH3 is 1. The van der Waals surface area contributed by atoms with Crippen molar-refractivity contribution in [2.24, 2.45) is 5.92 Å². The summed E-state index contributed by atoms with van der Waals surface area (Å²) in [6.07, 6.45) is 0. The molecule has 0 fully saturated rings. The second kappa shape index (κ2) is 6.43. The summed E-state index contributed by atoms with van der Waals surface area (Å²) in [5.74, 6) is 2.47.